The molecule has 24 heavy (non-hydrogen) atoms. The van der Waals surface area contributed by atoms with E-state index in [1.807, 2.05) is 6.92 Å². The second kappa shape index (κ2) is 8.72. The molecule has 7 heteroatoms. The molecule has 1 saturated heterocycles. The number of carbonyl (C=O) groups is 1. The number of alkyl halides is 3. The third-order valence-corrected chi connectivity index (χ3v) is 4.31. The van der Waals surface area contributed by atoms with Crippen molar-refractivity contribution in [3.8, 4) is 0 Å². The summed E-state index contributed by atoms with van der Waals surface area (Å²) in [5.41, 5.74) is -0.293. The molecule has 2 N–H and O–H groups in total. The first-order chi connectivity index (χ1) is 10.8. The van der Waals surface area contributed by atoms with Gasteiger partial charge in [0.1, 0.15) is 0 Å². The third-order valence-electron chi connectivity index (χ3n) is 4.31. The summed E-state index contributed by atoms with van der Waals surface area (Å²) < 4.78 is 38.5. The van der Waals surface area contributed by atoms with Crippen molar-refractivity contribution in [2.24, 2.45) is 0 Å². The summed E-state index contributed by atoms with van der Waals surface area (Å²) in [6, 6.07) is 5.48. The number of benzene rings is 1. The van der Waals surface area contributed by atoms with Gasteiger partial charge in [-0.15, -0.1) is 12.4 Å². The van der Waals surface area contributed by atoms with Crippen molar-refractivity contribution < 1.29 is 18.0 Å². The summed E-state index contributed by atoms with van der Waals surface area (Å²) in [6.07, 6.45) is -2.25. The van der Waals surface area contributed by atoms with Crippen molar-refractivity contribution in [3.05, 3.63) is 35.4 Å². The maximum absolute atomic E-state index is 12.8. The smallest absolute Gasteiger partial charge is 0.353 e. The molecule has 2 rings (SSSR count). The molecule has 1 aromatic rings. The summed E-state index contributed by atoms with van der Waals surface area (Å²) in [5.74, 6) is -0.742. The van der Waals surface area contributed by atoms with Crippen molar-refractivity contribution in [3.63, 3.8) is 0 Å². The molecule has 1 fully saturated rings. The van der Waals surface area contributed by atoms with Gasteiger partial charge in [-0.25, -0.2) is 0 Å². The minimum atomic E-state index is -4.39. The van der Waals surface area contributed by atoms with Gasteiger partial charge in [-0.3, -0.25) is 4.79 Å². The van der Waals surface area contributed by atoms with Crippen LogP contribution in [-0.4, -0.2) is 24.5 Å². The number of carbonyl (C=O) groups excluding carboxylic acids is 1. The number of rotatable bonds is 4. The molecular formula is C17H24ClF3N2O. The summed E-state index contributed by atoms with van der Waals surface area (Å²) >= 11 is 0. The zero-order valence-electron chi connectivity index (χ0n) is 13.8. The van der Waals surface area contributed by atoms with Crippen molar-refractivity contribution in [2.45, 2.75) is 57.3 Å². The van der Waals surface area contributed by atoms with Crippen LogP contribution in [0.4, 0.5) is 13.2 Å². The quantitative estimate of drug-likeness (QED) is 0.851. The topological polar surface area (TPSA) is 41.1 Å². The van der Waals surface area contributed by atoms with Crippen LogP contribution in [0.25, 0.3) is 0 Å². The molecule has 0 radical (unpaired) electrons. The van der Waals surface area contributed by atoms with Gasteiger partial charge in [-0.1, -0.05) is 25.1 Å². The molecule has 0 bridgehead atoms. The number of amides is 1. The minimum Gasteiger partial charge on any atom is -0.353 e. The molecule has 136 valence electrons. The highest BCUT2D eigenvalue weighted by Crippen LogP contribution is 2.32. The fourth-order valence-electron chi connectivity index (χ4n) is 3.07. The number of hydrogen-bond donors (Lipinski definition) is 2. The van der Waals surface area contributed by atoms with Crippen molar-refractivity contribution in [1.82, 2.24) is 10.6 Å². The predicted molar refractivity (Wildman–Crippen MR) is 90.4 cm³/mol. The molecule has 3 atom stereocenters. The van der Waals surface area contributed by atoms with Crippen LogP contribution in [0, 0.1) is 0 Å². The van der Waals surface area contributed by atoms with E-state index in [9.17, 15) is 18.0 Å². The molecule has 3 unspecified atom stereocenters. The lowest BCUT2D eigenvalue weighted by molar-refractivity contribution is -0.137. The summed E-state index contributed by atoms with van der Waals surface area (Å²) in [4.78, 5) is 12.5. The van der Waals surface area contributed by atoms with E-state index < -0.39 is 17.7 Å². The van der Waals surface area contributed by atoms with Crippen LogP contribution in [-0.2, 0) is 11.0 Å². The lowest BCUT2D eigenvalue weighted by Gasteiger charge is -2.30. The van der Waals surface area contributed by atoms with Crippen LogP contribution >= 0.6 is 12.4 Å². The number of piperidine rings is 1. The Morgan fingerprint density at radius 3 is 2.71 bits per heavy atom. The van der Waals surface area contributed by atoms with Crippen molar-refractivity contribution in [1.29, 1.82) is 0 Å². The highest BCUT2D eigenvalue weighted by molar-refractivity contribution is 5.85. The zero-order valence-corrected chi connectivity index (χ0v) is 14.6. The maximum atomic E-state index is 12.8. The molecule has 0 aliphatic carbocycles. The first kappa shape index (κ1) is 20.8. The van der Waals surface area contributed by atoms with Gasteiger partial charge < -0.3 is 10.6 Å². The van der Waals surface area contributed by atoms with E-state index in [2.05, 4.69) is 17.6 Å². The Morgan fingerprint density at radius 2 is 2.12 bits per heavy atom. The van der Waals surface area contributed by atoms with E-state index in [0.29, 0.717) is 18.0 Å². The van der Waals surface area contributed by atoms with E-state index in [-0.39, 0.29) is 24.4 Å². The summed E-state index contributed by atoms with van der Waals surface area (Å²) in [5, 5.41) is 6.30. The molecule has 0 aromatic heterocycles. The van der Waals surface area contributed by atoms with Crippen molar-refractivity contribution >= 4 is 18.3 Å². The Labute approximate surface area is 146 Å². The lowest BCUT2D eigenvalue weighted by atomic mass is 9.92. The molecule has 0 saturated carbocycles. The fraction of sp³-hybridized carbons (Fsp3) is 0.588. The van der Waals surface area contributed by atoms with E-state index >= 15 is 0 Å². The van der Waals surface area contributed by atoms with Gasteiger partial charge >= 0.3 is 6.18 Å². The van der Waals surface area contributed by atoms with Gasteiger partial charge in [0.15, 0.2) is 0 Å². The van der Waals surface area contributed by atoms with Gasteiger partial charge in [0, 0.05) is 12.1 Å². The molecule has 1 heterocycles. The Balaban J connectivity index is 0.00000288. The Bertz CT molecular complexity index is 551. The standard InChI is InChI=1S/C17H23F3N2O.ClH/c1-3-15(12-5-4-6-13(10-12)17(18,19)20)16(23)22-14-7-8-21-11(2)9-14;/h4-6,10-11,14-15,21H,3,7-9H2,1-2H3,(H,22,23);1H. The van der Waals surface area contributed by atoms with Gasteiger partial charge in [0.25, 0.3) is 0 Å². The second-order valence-electron chi connectivity index (χ2n) is 6.17. The molecule has 1 aliphatic rings. The van der Waals surface area contributed by atoms with Gasteiger partial charge in [-0.2, -0.15) is 13.2 Å². The Morgan fingerprint density at radius 1 is 1.42 bits per heavy atom. The minimum absolute atomic E-state index is 0. The monoisotopic (exact) mass is 364 g/mol. The van der Waals surface area contributed by atoms with E-state index in [1.54, 1.807) is 6.07 Å². The fourth-order valence-corrected chi connectivity index (χ4v) is 3.07. The predicted octanol–water partition coefficient (Wildman–Crippen LogP) is 3.88. The van der Waals surface area contributed by atoms with Gasteiger partial charge in [-0.05, 0) is 44.4 Å². The molecule has 1 aliphatic heterocycles. The summed E-state index contributed by atoms with van der Waals surface area (Å²) in [7, 11) is 0. The number of nitrogens with one attached hydrogen (secondary N) is 2. The lowest BCUT2D eigenvalue weighted by Crippen LogP contribution is -2.47. The highest BCUT2D eigenvalue weighted by atomic mass is 35.5. The molecule has 0 spiro atoms. The second-order valence-corrected chi connectivity index (χ2v) is 6.17. The largest absolute Gasteiger partial charge is 0.416 e. The number of hydrogen-bond acceptors (Lipinski definition) is 2. The maximum Gasteiger partial charge on any atom is 0.416 e. The molecule has 1 amide bonds. The summed E-state index contributed by atoms with van der Waals surface area (Å²) in [6.45, 7) is 4.71. The highest BCUT2D eigenvalue weighted by Gasteiger charge is 2.32. The number of halogens is 4. The first-order valence-corrected chi connectivity index (χ1v) is 8.02. The van der Waals surface area contributed by atoms with Crippen LogP contribution < -0.4 is 10.6 Å². The molecular weight excluding hydrogens is 341 g/mol. The van der Waals surface area contributed by atoms with E-state index in [1.165, 1.54) is 6.07 Å². The van der Waals surface area contributed by atoms with Crippen LogP contribution in [0.15, 0.2) is 24.3 Å². The average Bonchev–Trinajstić information content (AvgIpc) is 2.47. The first-order valence-electron chi connectivity index (χ1n) is 8.02. The van der Waals surface area contributed by atoms with Crippen LogP contribution in [0.3, 0.4) is 0 Å². The Hall–Kier alpha value is -1.27. The van der Waals surface area contributed by atoms with Gasteiger partial charge in [0.05, 0.1) is 11.5 Å². The zero-order chi connectivity index (χ0) is 17.0. The Kier molecular flexibility index (Phi) is 7.55. The SMILES string of the molecule is CCC(C(=O)NC1CCNC(C)C1)c1cccc(C(F)(F)F)c1.Cl. The van der Waals surface area contributed by atoms with Crippen LogP contribution in [0.5, 0.6) is 0 Å². The van der Waals surface area contributed by atoms with E-state index in [4.69, 9.17) is 0 Å². The molecule has 1 aromatic carbocycles. The van der Waals surface area contributed by atoms with E-state index in [0.717, 1.165) is 31.5 Å². The third kappa shape index (κ3) is 5.38. The van der Waals surface area contributed by atoms with Crippen LogP contribution in [0.2, 0.25) is 0 Å². The van der Waals surface area contributed by atoms with Crippen LogP contribution in [0.1, 0.15) is 50.2 Å². The normalized spacial score (nSPS) is 22.4. The average molecular weight is 365 g/mol. The molecule has 3 nitrogen and oxygen atoms in total. The van der Waals surface area contributed by atoms with Gasteiger partial charge in [0.2, 0.25) is 5.91 Å². The van der Waals surface area contributed by atoms with Crippen molar-refractivity contribution in [2.75, 3.05) is 6.54 Å².